The Labute approximate surface area is 162 Å². The predicted octanol–water partition coefficient (Wildman–Crippen LogP) is 4.75. The molecule has 1 heterocycles. The number of fused-ring (bicyclic) bond motifs is 6. The summed E-state index contributed by atoms with van der Waals surface area (Å²) < 4.78 is 0. The van der Waals surface area contributed by atoms with Crippen LogP contribution in [0.4, 0.5) is 0 Å². The quantitative estimate of drug-likeness (QED) is 0.607. The third kappa shape index (κ3) is 5.29. The second kappa shape index (κ2) is 8.98. The van der Waals surface area contributed by atoms with Crippen molar-refractivity contribution < 1.29 is 0 Å². The number of hydrogen-bond donors (Lipinski definition) is 2. The van der Waals surface area contributed by atoms with Crippen LogP contribution in [0, 0.1) is 0 Å². The van der Waals surface area contributed by atoms with Crippen molar-refractivity contribution in [3.63, 3.8) is 0 Å². The summed E-state index contributed by atoms with van der Waals surface area (Å²) in [5, 5.41) is 7.18. The maximum absolute atomic E-state index is 3.59. The van der Waals surface area contributed by atoms with E-state index in [9.17, 15) is 0 Å². The van der Waals surface area contributed by atoms with Crippen molar-refractivity contribution >= 4 is 0 Å². The first-order valence-corrected chi connectivity index (χ1v) is 10.00. The molecule has 0 amide bonds. The fraction of sp³-hybridized carbons (Fsp3) is 0.280. The fourth-order valence-corrected chi connectivity index (χ4v) is 3.84. The van der Waals surface area contributed by atoms with Gasteiger partial charge in [0.2, 0.25) is 0 Å². The van der Waals surface area contributed by atoms with Gasteiger partial charge in [-0.15, -0.1) is 0 Å². The van der Waals surface area contributed by atoms with E-state index >= 15 is 0 Å². The van der Waals surface area contributed by atoms with Crippen LogP contribution in [0.5, 0.6) is 0 Å². The van der Waals surface area contributed by atoms with E-state index in [0.717, 1.165) is 39.0 Å². The first kappa shape index (κ1) is 18.0. The molecular formula is C25H28N2. The molecule has 0 saturated heterocycles. The maximum atomic E-state index is 3.59. The van der Waals surface area contributed by atoms with Crippen LogP contribution in [0.1, 0.15) is 39.8 Å². The summed E-state index contributed by atoms with van der Waals surface area (Å²) in [5.74, 6) is 0. The molecule has 6 bridgehead atoms. The van der Waals surface area contributed by atoms with Crippen molar-refractivity contribution in [2.45, 2.75) is 45.4 Å². The minimum atomic E-state index is 0.903. The lowest BCUT2D eigenvalue weighted by Crippen LogP contribution is -2.15. The highest BCUT2D eigenvalue weighted by Gasteiger charge is 2.02. The Balaban J connectivity index is 1.54. The average Bonchev–Trinajstić information content (AvgIpc) is 2.69. The molecule has 0 atom stereocenters. The Bertz CT molecular complexity index is 709. The number of rotatable bonds is 0. The van der Waals surface area contributed by atoms with Crippen LogP contribution < -0.4 is 10.6 Å². The zero-order valence-electron chi connectivity index (χ0n) is 15.9. The second-order valence-corrected chi connectivity index (χ2v) is 7.52. The van der Waals surface area contributed by atoms with Crippen LogP contribution in [0.3, 0.4) is 0 Å². The van der Waals surface area contributed by atoms with Gasteiger partial charge in [0, 0.05) is 26.2 Å². The molecule has 0 fully saturated rings. The zero-order valence-corrected chi connectivity index (χ0v) is 15.9. The first-order valence-electron chi connectivity index (χ1n) is 10.00. The Morgan fingerprint density at radius 3 is 1.19 bits per heavy atom. The Kier molecular flexibility index (Phi) is 5.98. The lowest BCUT2D eigenvalue weighted by atomic mass is 10.0. The van der Waals surface area contributed by atoms with Crippen molar-refractivity contribution in [3.8, 4) is 0 Å². The van der Waals surface area contributed by atoms with Crippen LogP contribution in [-0.4, -0.2) is 0 Å². The standard InChI is InChI=1S/C25H28N2/c1-5-20-7-2-9-22(13-20)16-26-18-24-11-4-12-25(15-24)19-27-17-23-10-3-8-21(6-1)14-23/h2-4,7-15,26-27H,1,5-6,16-19H2. The van der Waals surface area contributed by atoms with Crippen molar-refractivity contribution in [2.24, 2.45) is 0 Å². The van der Waals surface area contributed by atoms with E-state index < -0.39 is 0 Å². The molecule has 0 radical (unpaired) electrons. The monoisotopic (exact) mass is 356 g/mol. The van der Waals surface area contributed by atoms with Crippen LogP contribution in [-0.2, 0) is 39.0 Å². The SMILES string of the molecule is c1cc2cc(c1)CNCc1cccc(c1)CNCc1cccc(c1)CCC2. The van der Waals surface area contributed by atoms with E-state index in [1.165, 1.54) is 39.8 Å². The Morgan fingerprint density at radius 2 is 0.778 bits per heavy atom. The minimum Gasteiger partial charge on any atom is -0.309 e. The van der Waals surface area contributed by atoms with Crippen molar-refractivity contribution in [2.75, 3.05) is 0 Å². The average molecular weight is 357 g/mol. The summed E-state index contributed by atoms with van der Waals surface area (Å²) in [6, 6.07) is 26.9. The topological polar surface area (TPSA) is 24.1 Å². The van der Waals surface area contributed by atoms with Gasteiger partial charge in [0.25, 0.3) is 0 Å². The van der Waals surface area contributed by atoms with E-state index in [4.69, 9.17) is 0 Å². The molecule has 0 aliphatic carbocycles. The van der Waals surface area contributed by atoms with Crippen molar-refractivity contribution in [1.82, 2.24) is 10.6 Å². The summed E-state index contributed by atoms with van der Waals surface area (Å²) >= 11 is 0. The number of benzene rings is 3. The summed E-state index contributed by atoms with van der Waals surface area (Å²) in [6.45, 7) is 3.64. The molecule has 138 valence electrons. The molecule has 2 N–H and O–H groups in total. The Morgan fingerprint density at radius 1 is 0.444 bits per heavy atom. The highest BCUT2D eigenvalue weighted by Crippen LogP contribution is 2.13. The van der Waals surface area contributed by atoms with E-state index in [-0.39, 0.29) is 0 Å². The molecular weight excluding hydrogens is 328 g/mol. The summed E-state index contributed by atoms with van der Waals surface area (Å²) in [7, 11) is 0. The second-order valence-electron chi connectivity index (χ2n) is 7.52. The van der Waals surface area contributed by atoms with Gasteiger partial charge < -0.3 is 10.6 Å². The van der Waals surface area contributed by atoms with Crippen LogP contribution in [0.25, 0.3) is 0 Å². The van der Waals surface area contributed by atoms with E-state index in [1.807, 2.05) is 0 Å². The third-order valence-electron chi connectivity index (χ3n) is 5.22. The molecule has 1 aliphatic rings. The van der Waals surface area contributed by atoms with Crippen LogP contribution in [0.15, 0.2) is 72.8 Å². The van der Waals surface area contributed by atoms with Gasteiger partial charge >= 0.3 is 0 Å². The van der Waals surface area contributed by atoms with Gasteiger partial charge in [-0.3, -0.25) is 0 Å². The molecule has 0 spiro atoms. The van der Waals surface area contributed by atoms with Gasteiger partial charge in [0.15, 0.2) is 0 Å². The molecule has 3 aromatic rings. The normalized spacial score (nSPS) is 15.6. The summed E-state index contributed by atoms with van der Waals surface area (Å²) in [6.07, 6.45) is 3.47. The summed E-state index contributed by atoms with van der Waals surface area (Å²) in [4.78, 5) is 0. The number of aryl methyl sites for hydroxylation is 2. The van der Waals surface area contributed by atoms with Gasteiger partial charge in [-0.05, 0) is 52.6 Å². The largest absolute Gasteiger partial charge is 0.309 e. The lowest BCUT2D eigenvalue weighted by molar-refractivity contribution is 0.679. The number of hydrogen-bond acceptors (Lipinski definition) is 2. The maximum Gasteiger partial charge on any atom is 0.0208 e. The molecule has 3 aromatic carbocycles. The molecule has 0 unspecified atom stereocenters. The molecule has 2 heteroatoms. The van der Waals surface area contributed by atoms with Crippen molar-refractivity contribution in [3.05, 3.63) is 106 Å². The van der Waals surface area contributed by atoms with E-state index in [0.29, 0.717) is 0 Å². The predicted molar refractivity (Wildman–Crippen MR) is 112 cm³/mol. The molecule has 4 rings (SSSR count). The van der Waals surface area contributed by atoms with Crippen molar-refractivity contribution in [1.29, 1.82) is 0 Å². The molecule has 0 aromatic heterocycles. The van der Waals surface area contributed by atoms with Crippen LogP contribution >= 0.6 is 0 Å². The molecule has 0 saturated carbocycles. The summed E-state index contributed by atoms with van der Waals surface area (Å²) in [5.41, 5.74) is 8.30. The molecule has 27 heavy (non-hydrogen) atoms. The highest BCUT2D eigenvalue weighted by molar-refractivity contribution is 5.27. The highest BCUT2D eigenvalue weighted by atomic mass is 14.9. The van der Waals surface area contributed by atoms with Gasteiger partial charge in [-0.1, -0.05) is 72.8 Å². The van der Waals surface area contributed by atoms with Gasteiger partial charge in [0.05, 0.1) is 0 Å². The zero-order chi connectivity index (χ0) is 18.3. The smallest absolute Gasteiger partial charge is 0.0208 e. The molecule has 2 nitrogen and oxygen atoms in total. The third-order valence-corrected chi connectivity index (χ3v) is 5.22. The Hall–Kier alpha value is -2.42. The van der Waals surface area contributed by atoms with Gasteiger partial charge in [-0.25, -0.2) is 0 Å². The van der Waals surface area contributed by atoms with Crippen LogP contribution in [0.2, 0.25) is 0 Å². The van der Waals surface area contributed by atoms with Gasteiger partial charge in [-0.2, -0.15) is 0 Å². The lowest BCUT2D eigenvalue weighted by Gasteiger charge is -2.11. The number of nitrogens with one attached hydrogen (secondary N) is 2. The van der Waals surface area contributed by atoms with E-state index in [2.05, 4.69) is 83.4 Å². The minimum absolute atomic E-state index is 0.903. The first-order chi connectivity index (χ1) is 13.3. The molecule has 1 aliphatic heterocycles. The van der Waals surface area contributed by atoms with E-state index in [1.54, 1.807) is 0 Å². The fourth-order valence-electron chi connectivity index (χ4n) is 3.84. The van der Waals surface area contributed by atoms with Gasteiger partial charge in [0.1, 0.15) is 0 Å².